The van der Waals surface area contributed by atoms with Crippen molar-refractivity contribution in [1.29, 1.82) is 0 Å². The van der Waals surface area contributed by atoms with Crippen molar-refractivity contribution in [3.05, 3.63) is 18.2 Å². The summed E-state index contributed by atoms with van der Waals surface area (Å²) in [6.07, 6.45) is 1.27. The van der Waals surface area contributed by atoms with Crippen LogP contribution in [0.1, 0.15) is 33.6 Å². The summed E-state index contributed by atoms with van der Waals surface area (Å²) in [4.78, 5) is 11.9. The lowest BCUT2D eigenvalue weighted by molar-refractivity contribution is 0.0635. The van der Waals surface area contributed by atoms with Crippen molar-refractivity contribution in [3.63, 3.8) is 0 Å². The van der Waals surface area contributed by atoms with Crippen LogP contribution in [0.2, 0.25) is 0 Å². The molecule has 6 nitrogen and oxygen atoms in total. The van der Waals surface area contributed by atoms with Crippen molar-refractivity contribution in [3.8, 4) is 5.75 Å². The van der Waals surface area contributed by atoms with Crippen molar-refractivity contribution in [2.75, 3.05) is 29.2 Å². The number of rotatable bonds is 4. The van der Waals surface area contributed by atoms with Gasteiger partial charge in [0.15, 0.2) is 0 Å². The largest absolute Gasteiger partial charge is 0.494 e. The van der Waals surface area contributed by atoms with E-state index in [2.05, 4.69) is 10.6 Å². The molecule has 0 spiro atoms. The van der Waals surface area contributed by atoms with Crippen LogP contribution >= 0.6 is 0 Å². The first kappa shape index (κ1) is 18.6. The summed E-state index contributed by atoms with van der Waals surface area (Å²) in [5.74, 6) is 2.05. The molecular formula is C17H26N2O4S. The van der Waals surface area contributed by atoms with Gasteiger partial charge in [0.05, 0.1) is 12.8 Å². The first-order chi connectivity index (χ1) is 11.3. The number of methoxy groups -OCH3 is 1. The van der Waals surface area contributed by atoms with Crippen LogP contribution in [0.5, 0.6) is 5.75 Å². The highest BCUT2D eigenvalue weighted by molar-refractivity contribution is 7.85. The van der Waals surface area contributed by atoms with Gasteiger partial charge in [-0.05, 0) is 45.7 Å². The molecule has 7 heteroatoms. The Hall–Kier alpha value is -1.76. The number of hydrogen-bond donors (Lipinski definition) is 2. The topological polar surface area (TPSA) is 76.7 Å². The van der Waals surface area contributed by atoms with E-state index in [9.17, 15) is 9.00 Å². The molecule has 0 bridgehead atoms. The maximum Gasteiger partial charge on any atom is 0.412 e. The minimum atomic E-state index is -0.670. The van der Waals surface area contributed by atoms with Gasteiger partial charge in [0.2, 0.25) is 0 Å². The molecule has 1 amide bonds. The Morgan fingerprint density at radius 3 is 2.50 bits per heavy atom. The van der Waals surface area contributed by atoms with E-state index in [1.165, 1.54) is 0 Å². The first-order valence-electron chi connectivity index (χ1n) is 8.06. The third-order valence-electron chi connectivity index (χ3n) is 3.60. The maximum atomic E-state index is 11.9. The minimum absolute atomic E-state index is 0.317. The van der Waals surface area contributed by atoms with Crippen LogP contribution in [0.25, 0.3) is 0 Å². The zero-order chi connectivity index (χ0) is 17.7. The molecule has 24 heavy (non-hydrogen) atoms. The lowest BCUT2D eigenvalue weighted by Gasteiger charge is -2.24. The second-order valence-corrected chi connectivity index (χ2v) is 8.50. The van der Waals surface area contributed by atoms with Gasteiger partial charge in [-0.15, -0.1) is 0 Å². The summed E-state index contributed by atoms with van der Waals surface area (Å²) in [6.45, 7) is 5.44. The minimum Gasteiger partial charge on any atom is -0.494 e. The summed E-state index contributed by atoms with van der Waals surface area (Å²) >= 11 is 0. The Labute approximate surface area is 145 Å². The van der Waals surface area contributed by atoms with Crippen LogP contribution in [0.15, 0.2) is 18.2 Å². The SMILES string of the molecule is COc1cc(NC2CCS(=O)CC2)ccc1NC(=O)OC(C)(C)C. The molecule has 1 aromatic carbocycles. The van der Waals surface area contributed by atoms with Crippen LogP contribution in [0, 0.1) is 0 Å². The zero-order valence-electron chi connectivity index (χ0n) is 14.7. The quantitative estimate of drug-likeness (QED) is 0.867. The van der Waals surface area contributed by atoms with E-state index in [0.717, 1.165) is 30.0 Å². The van der Waals surface area contributed by atoms with Gasteiger partial charge >= 0.3 is 6.09 Å². The smallest absolute Gasteiger partial charge is 0.412 e. The number of hydrogen-bond acceptors (Lipinski definition) is 5. The van der Waals surface area contributed by atoms with Gasteiger partial charge in [0.1, 0.15) is 11.4 Å². The fraction of sp³-hybridized carbons (Fsp3) is 0.588. The number of ether oxygens (including phenoxy) is 2. The molecule has 0 atom stereocenters. The van der Waals surface area contributed by atoms with Crippen LogP contribution in [0.4, 0.5) is 16.2 Å². The second-order valence-electron chi connectivity index (χ2n) is 6.81. The van der Waals surface area contributed by atoms with Gasteiger partial charge in [-0.1, -0.05) is 0 Å². The number of benzene rings is 1. The molecule has 1 aliphatic rings. The average Bonchev–Trinajstić information content (AvgIpc) is 2.49. The molecule has 0 saturated carbocycles. The van der Waals surface area contributed by atoms with Gasteiger partial charge in [-0.2, -0.15) is 0 Å². The summed E-state index contributed by atoms with van der Waals surface area (Å²) in [6, 6.07) is 5.84. The second kappa shape index (κ2) is 7.88. The van der Waals surface area contributed by atoms with Gasteiger partial charge in [0.25, 0.3) is 0 Å². The predicted molar refractivity (Wildman–Crippen MR) is 97.4 cm³/mol. The molecule has 1 fully saturated rings. The molecule has 1 heterocycles. The van der Waals surface area contributed by atoms with Gasteiger partial charge in [0, 0.05) is 40.1 Å². The number of anilines is 2. The molecule has 2 N–H and O–H groups in total. The maximum absolute atomic E-state index is 11.9. The molecule has 0 radical (unpaired) electrons. The standard InChI is InChI=1S/C17H26N2O4S/c1-17(2,3)23-16(20)19-14-6-5-13(11-15(14)22-4)18-12-7-9-24(21)10-8-12/h5-6,11-12,18H,7-10H2,1-4H3,(H,19,20). The van der Waals surface area contributed by atoms with E-state index in [1.807, 2.05) is 32.9 Å². The van der Waals surface area contributed by atoms with Gasteiger partial charge < -0.3 is 14.8 Å². The van der Waals surface area contributed by atoms with E-state index in [4.69, 9.17) is 9.47 Å². The zero-order valence-corrected chi connectivity index (χ0v) is 15.5. The predicted octanol–water partition coefficient (Wildman–Crippen LogP) is 3.37. The third kappa shape index (κ3) is 5.70. The van der Waals surface area contributed by atoms with E-state index < -0.39 is 22.5 Å². The van der Waals surface area contributed by atoms with Crippen LogP contribution in [0.3, 0.4) is 0 Å². The molecule has 1 saturated heterocycles. The van der Waals surface area contributed by atoms with Crippen molar-refractivity contribution in [2.24, 2.45) is 0 Å². The fourth-order valence-electron chi connectivity index (χ4n) is 2.47. The summed E-state index contributed by atoms with van der Waals surface area (Å²) in [5.41, 5.74) is 0.918. The normalized spacial score (nSPS) is 21.0. The Bertz CT molecular complexity index is 603. The van der Waals surface area contributed by atoms with E-state index in [-0.39, 0.29) is 0 Å². The molecule has 134 valence electrons. The number of carbonyl (C=O) groups excluding carboxylic acids is 1. The molecular weight excluding hydrogens is 328 g/mol. The summed E-state index contributed by atoms with van der Waals surface area (Å²) < 4.78 is 22.0. The van der Waals surface area contributed by atoms with E-state index >= 15 is 0 Å². The molecule has 1 aromatic rings. The molecule has 2 rings (SSSR count). The highest BCUT2D eigenvalue weighted by Crippen LogP contribution is 2.29. The molecule has 0 aliphatic carbocycles. The van der Waals surface area contributed by atoms with Gasteiger partial charge in [-0.3, -0.25) is 9.53 Å². The summed E-state index contributed by atoms with van der Waals surface area (Å²) in [5, 5.41) is 6.14. The van der Waals surface area contributed by atoms with Crippen LogP contribution in [-0.2, 0) is 15.5 Å². The van der Waals surface area contributed by atoms with Crippen molar-refractivity contribution >= 4 is 28.3 Å². The van der Waals surface area contributed by atoms with E-state index in [0.29, 0.717) is 17.5 Å². The highest BCUT2D eigenvalue weighted by atomic mass is 32.2. The number of amides is 1. The Kier molecular flexibility index (Phi) is 6.10. The van der Waals surface area contributed by atoms with E-state index in [1.54, 1.807) is 13.2 Å². The van der Waals surface area contributed by atoms with Crippen molar-refractivity contribution < 1.29 is 18.5 Å². The Balaban J connectivity index is 2.01. The van der Waals surface area contributed by atoms with Crippen LogP contribution < -0.4 is 15.4 Å². The Morgan fingerprint density at radius 2 is 1.92 bits per heavy atom. The van der Waals surface area contributed by atoms with Crippen molar-refractivity contribution in [1.82, 2.24) is 0 Å². The molecule has 0 unspecified atom stereocenters. The first-order valence-corrected chi connectivity index (χ1v) is 9.55. The Morgan fingerprint density at radius 1 is 1.25 bits per heavy atom. The highest BCUT2D eigenvalue weighted by Gasteiger charge is 2.19. The lowest BCUT2D eigenvalue weighted by Crippen LogP contribution is -2.29. The molecule has 0 aromatic heterocycles. The van der Waals surface area contributed by atoms with Crippen LogP contribution in [-0.4, -0.2) is 40.6 Å². The average molecular weight is 354 g/mol. The monoisotopic (exact) mass is 354 g/mol. The summed E-state index contributed by atoms with van der Waals surface area (Å²) in [7, 11) is 0.889. The third-order valence-corrected chi connectivity index (χ3v) is 4.98. The fourth-order valence-corrected chi connectivity index (χ4v) is 3.77. The number of nitrogens with one attached hydrogen (secondary N) is 2. The van der Waals surface area contributed by atoms with Crippen molar-refractivity contribution in [2.45, 2.75) is 45.3 Å². The van der Waals surface area contributed by atoms with Gasteiger partial charge in [-0.25, -0.2) is 4.79 Å². The number of carbonyl (C=O) groups is 1. The lowest BCUT2D eigenvalue weighted by atomic mass is 10.1. The molecule has 1 aliphatic heterocycles.